The van der Waals surface area contributed by atoms with Crippen LogP contribution in [0.3, 0.4) is 0 Å². The molecule has 1 atom stereocenters. The fourth-order valence-electron chi connectivity index (χ4n) is 2.58. The van der Waals surface area contributed by atoms with Gasteiger partial charge in [-0.25, -0.2) is 0 Å². The van der Waals surface area contributed by atoms with E-state index in [1.54, 1.807) is 7.05 Å². The largest absolute Gasteiger partial charge is 0.356 e. The van der Waals surface area contributed by atoms with Crippen LogP contribution < -0.4 is 10.6 Å². The van der Waals surface area contributed by atoms with Crippen LogP contribution in [0.5, 0.6) is 0 Å². The molecule has 0 aliphatic rings. The summed E-state index contributed by atoms with van der Waals surface area (Å²) in [6.07, 6.45) is 7.90. The molecule has 2 N–H and O–H groups in total. The summed E-state index contributed by atoms with van der Waals surface area (Å²) in [6.45, 7) is 7.08. The third-order valence-electron chi connectivity index (χ3n) is 3.96. The molecule has 1 unspecified atom stereocenters. The van der Waals surface area contributed by atoms with E-state index in [1.807, 2.05) is 30.6 Å². The van der Waals surface area contributed by atoms with Gasteiger partial charge in [-0.1, -0.05) is 19.9 Å². The first kappa shape index (κ1) is 17.1. The van der Waals surface area contributed by atoms with E-state index < -0.39 is 0 Å². The fourth-order valence-corrected chi connectivity index (χ4v) is 2.58. The molecule has 0 fully saturated rings. The van der Waals surface area contributed by atoms with Crippen LogP contribution in [0, 0.1) is 5.92 Å². The summed E-state index contributed by atoms with van der Waals surface area (Å²) >= 11 is 0. The Morgan fingerprint density at radius 3 is 2.61 bits per heavy atom. The molecule has 2 heterocycles. The number of pyridine rings is 1. The number of guanidine groups is 1. The summed E-state index contributed by atoms with van der Waals surface area (Å²) in [5, 5.41) is 6.79. The molecular weight excluding hydrogens is 286 g/mol. The lowest BCUT2D eigenvalue weighted by molar-refractivity contribution is 0.486. The first-order valence-electron chi connectivity index (χ1n) is 8.16. The van der Waals surface area contributed by atoms with Gasteiger partial charge in [-0.15, -0.1) is 0 Å². The summed E-state index contributed by atoms with van der Waals surface area (Å²) in [5.41, 5.74) is 1.26. The minimum atomic E-state index is 0.409. The molecular formula is C18H27N5. The number of aliphatic imine (C=N–C) groups is 1. The van der Waals surface area contributed by atoms with Crippen LogP contribution >= 0.6 is 0 Å². The zero-order valence-corrected chi connectivity index (χ0v) is 14.2. The number of hydrogen-bond donors (Lipinski definition) is 2. The maximum Gasteiger partial charge on any atom is 0.191 e. The van der Waals surface area contributed by atoms with Crippen molar-refractivity contribution in [3.8, 4) is 0 Å². The van der Waals surface area contributed by atoms with E-state index in [2.05, 4.69) is 57.5 Å². The monoisotopic (exact) mass is 313 g/mol. The van der Waals surface area contributed by atoms with Gasteiger partial charge in [0.25, 0.3) is 0 Å². The Morgan fingerprint density at radius 2 is 2.00 bits per heavy atom. The number of aromatic nitrogens is 2. The molecule has 0 saturated heterocycles. The van der Waals surface area contributed by atoms with E-state index in [0.717, 1.165) is 25.6 Å². The average Bonchev–Trinajstić information content (AvgIpc) is 3.07. The summed E-state index contributed by atoms with van der Waals surface area (Å²) in [7, 11) is 1.81. The first-order chi connectivity index (χ1) is 11.2. The fraction of sp³-hybridized carbons (Fsp3) is 0.444. The Bertz CT molecular complexity index is 575. The van der Waals surface area contributed by atoms with Crippen LogP contribution in [-0.2, 0) is 6.54 Å². The Balaban J connectivity index is 1.83. The summed E-state index contributed by atoms with van der Waals surface area (Å²) in [5.74, 6) is 1.78. The molecule has 124 valence electrons. The van der Waals surface area contributed by atoms with Gasteiger partial charge >= 0.3 is 0 Å². The van der Waals surface area contributed by atoms with Crippen molar-refractivity contribution in [1.82, 2.24) is 20.2 Å². The lowest BCUT2D eigenvalue weighted by atomic mass is 9.89. The topological polar surface area (TPSA) is 54.2 Å². The number of hydrogen-bond acceptors (Lipinski definition) is 2. The van der Waals surface area contributed by atoms with E-state index in [1.165, 1.54) is 5.56 Å². The van der Waals surface area contributed by atoms with Gasteiger partial charge in [0.15, 0.2) is 5.96 Å². The molecule has 0 aliphatic carbocycles. The maximum absolute atomic E-state index is 4.30. The molecule has 0 saturated carbocycles. The molecule has 2 aromatic heterocycles. The predicted molar refractivity (Wildman–Crippen MR) is 95.6 cm³/mol. The Hall–Kier alpha value is -2.30. The van der Waals surface area contributed by atoms with E-state index in [9.17, 15) is 0 Å². The molecule has 5 heteroatoms. The van der Waals surface area contributed by atoms with Gasteiger partial charge < -0.3 is 15.2 Å². The average molecular weight is 313 g/mol. The number of nitrogens with one attached hydrogen (secondary N) is 2. The second-order valence-corrected chi connectivity index (χ2v) is 5.94. The van der Waals surface area contributed by atoms with Crippen LogP contribution in [0.4, 0.5) is 0 Å². The normalized spacial score (nSPS) is 13.1. The highest BCUT2D eigenvalue weighted by molar-refractivity contribution is 5.79. The lowest BCUT2D eigenvalue weighted by Gasteiger charge is -2.23. The van der Waals surface area contributed by atoms with Crippen molar-refractivity contribution in [1.29, 1.82) is 0 Å². The number of rotatable bonds is 7. The second kappa shape index (κ2) is 8.98. The van der Waals surface area contributed by atoms with Gasteiger partial charge in [-0.2, -0.15) is 0 Å². The molecule has 0 spiro atoms. The molecule has 0 aromatic carbocycles. The lowest BCUT2D eigenvalue weighted by Crippen LogP contribution is -2.41. The Morgan fingerprint density at radius 1 is 1.22 bits per heavy atom. The minimum Gasteiger partial charge on any atom is -0.356 e. The molecule has 2 aromatic rings. The third-order valence-corrected chi connectivity index (χ3v) is 3.96. The van der Waals surface area contributed by atoms with Crippen molar-refractivity contribution >= 4 is 5.96 Å². The highest BCUT2D eigenvalue weighted by atomic mass is 15.2. The van der Waals surface area contributed by atoms with Crippen molar-refractivity contribution in [2.24, 2.45) is 10.9 Å². The van der Waals surface area contributed by atoms with Crippen molar-refractivity contribution in [3.63, 3.8) is 0 Å². The third kappa shape index (κ3) is 5.43. The molecule has 0 bridgehead atoms. The highest BCUT2D eigenvalue weighted by Gasteiger charge is 2.16. The Labute approximate surface area is 138 Å². The van der Waals surface area contributed by atoms with Gasteiger partial charge in [-0.05, 0) is 29.7 Å². The van der Waals surface area contributed by atoms with Crippen molar-refractivity contribution < 1.29 is 0 Å². The van der Waals surface area contributed by atoms with Crippen molar-refractivity contribution in [3.05, 3.63) is 54.6 Å². The van der Waals surface area contributed by atoms with Crippen LogP contribution in [0.25, 0.3) is 0 Å². The van der Waals surface area contributed by atoms with Gasteiger partial charge in [0, 0.05) is 57.4 Å². The zero-order valence-electron chi connectivity index (χ0n) is 14.2. The molecule has 5 nitrogen and oxygen atoms in total. The SMILES string of the molecule is CN=C(NCCn1cccc1)NCC(c1cccnc1)C(C)C. The van der Waals surface area contributed by atoms with Crippen LogP contribution in [0.15, 0.2) is 54.0 Å². The predicted octanol–water partition coefficient (Wildman–Crippen LogP) is 2.49. The van der Waals surface area contributed by atoms with E-state index in [0.29, 0.717) is 11.8 Å². The van der Waals surface area contributed by atoms with Crippen LogP contribution in [-0.4, -0.2) is 35.6 Å². The first-order valence-corrected chi connectivity index (χ1v) is 8.16. The van der Waals surface area contributed by atoms with E-state index in [-0.39, 0.29) is 0 Å². The number of nitrogens with zero attached hydrogens (tertiary/aromatic N) is 3. The van der Waals surface area contributed by atoms with Crippen molar-refractivity contribution in [2.75, 3.05) is 20.1 Å². The molecule has 0 radical (unpaired) electrons. The van der Waals surface area contributed by atoms with E-state index in [4.69, 9.17) is 0 Å². The quantitative estimate of drug-likeness (QED) is 0.610. The smallest absolute Gasteiger partial charge is 0.191 e. The second-order valence-electron chi connectivity index (χ2n) is 5.94. The summed E-state index contributed by atoms with van der Waals surface area (Å²) < 4.78 is 2.15. The van der Waals surface area contributed by atoms with Gasteiger partial charge in [0.1, 0.15) is 0 Å². The maximum atomic E-state index is 4.30. The standard InChI is InChI=1S/C18H27N5/c1-15(2)17(16-7-6-8-20-13-16)14-22-18(19-3)21-9-12-23-10-4-5-11-23/h4-8,10-11,13,15,17H,9,12,14H2,1-3H3,(H2,19,21,22). The van der Waals surface area contributed by atoms with Crippen molar-refractivity contribution in [2.45, 2.75) is 26.3 Å². The molecule has 2 rings (SSSR count). The molecule has 0 amide bonds. The van der Waals surface area contributed by atoms with Crippen LogP contribution in [0.2, 0.25) is 0 Å². The van der Waals surface area contributed by atoms with Gasteiger partial charge in [-0.3, -0.25) is 9.98 Å². The summed E-state index contributed by atoms with van der Waals surface area (Å²) in [4.78, 5) is 8.54. The highest BCUT2D eigenvalue weighted by Crippen LogP contribution is 2.22. The minimum absolute atomic E-state index is 0.409. The Kier molecular flexibility index (Phi) is 6.66. The molecule has 0 aliphatic heterocycles. The summed E-state index contributed by atoms with van der Waals surface area (Å²) in [6, 6.07) is 8.21. The van der Waals surface area contributed by atoms with E-state index >= 15 is 0 Å². The van der Waals surface area contributed by atoms with Gasteiger partial charge in [0.2, 0.25) is 0 Å². The zero-order chi connectivity index (χ0) is 16.5. The molecule has 23 heavy (non-hydrogen) atoms. The van der Waals surface area contributed by atoms with Crippen LogP contribution in [0.1, 0.15) is 25.3 Å². The van der Waals surface area contributed by atoms with Gasteiger partial charge in [0.05, 0.1) is 0 Å².